The van der Waals surface area contributed by atoms with Gasteiger partial charge in [-0.15, -0.1) is 0 Å². The maximum atomic E-state index is 12.1. The molecule has 0 fully saturated rings. The van der Waals surface area contributed by atoms with Gasteiger partial charge in [0, 0.05) is 6.42 Å². The van der Waals surface area contributed by atoms with Gasteiger partial charge in [-0.25, -0.2) is 0 Å². The van der Waals surface area contributed by atoms with Crippen molar-refractivity contribution in [2.45, 2.75) is 13.3 Å². The van der Waals surface area contributed by atoms with E-state index in [1.165, 1.54) is 4.90 Å². The van der Waals surface area contributed by atoms with Gasteiger partial charge in [0.1, 0.15) is 6.54 Å². The molecule has 20 heavy (non-hydrogen) atoms. The lowest BCUT2D eigenvalue weighted by Crippen LogP contribution is -2.41. The summed E-state index contributed by atoms with van der Waals surface area (Å²) in [5.74, 6) is -1.76. The van der Waals surface area contributed by atoms with E-state index in [1.807, 2.05) is 12.1 Å². The second-order valence-corrected chi connectivity index (χ2v) is 4.28. The van der Waals surface area contributed by atoms with E-state index < -0.39 is 17.7 Å². The third-order valence-corrected chi connectivity index (χ3v) is 2.90. The SMILES string of the molecule is CCOC(=O)CN1C(=O)C(=O)CC=Cc2ccccc21. The van der Waals surface area contributed by atoms with E-state index in [4.69, 9.17) is 4.74 Å². The Labute approximate surface area is 116 Å². The van der Waals surface area contributed by atoms with Crippen LogP contribution in [0.2, 0.25) is 0 Å². The Morgan fingerprint density at radius 1 is 1.30 bits per heavy atom. The van der Waals surface area contributed by atoms with Crippen LogP contribution in [0.4, 0.5) is 5.69 Å². The summed E-state index contributed by atoms with van der Waals surface area (Å²) >= 11 is 0. The highest BCUT2D eigenvalue weighted by Gasteiger charge is 2.27. The van der Waals surface area contributed by atoms with E-state index in [2.05, 4.69) is 0 Å². The molecule has 104 valence electrons. The summed E-state index contributed by atoms with van der Waals surface area (Å²) < 4.78 is 4.85. The number of carbonyl (C=O) groups excluding carboxylic acids is 3. The first-order valence-electron chi connectivity index (χ1n) is 6.39. The fourth-order valence-electron chi connectivity index (χ4n) is 2.01. The molecule has 0 aliphatic carbocycles. The topological polar surface area (TPSA) is 63.7 Å². The van der Waals surface area contributed by atoms with Crippen LogP contribution in [0.3, 0.4) is 0 Å². The Morgan fingerprint density at radius 3 is 2.80 bits per heavy atom. The lowest BCUT2D eigenvalue weighted by Gasteiger charge is -2.24. The number of nitrogens with zero attached hydrogens (tertiary/aromatic N) is 1. The molecule has 0 saturated carbocycles. The van der Waals surface area contributed by atoms with Crippen LogP contribution in [-0.4, -0.2) is 30.8 Å². The zero-order valence-corrected chi connectivity index (χ0v) is 11.2. The van der Waals surface area contributed by atoms with Gasteiger partial charge >= 0.3 is 5.97 Å². The van der Waals surface area contributed by atoms with Crippen LogP contribution in [0.15, 0.2) is 30.3 Å². The standard InChI is InChI=1S/C15H15NO4/c1-2-20-14(18)10-16-12-8-4-3-6-11(12)7-5-9-13(17)15(16)19/h3-8H,2,9-10H2,1H3. The van der Waals surface area contributed by atoms with Crippen LogP contribution >= 0.6 is 0 Å². The number of allylic oxidation sites excluding steroid dienone is 1. The molecule has 5 heteroatoms. The number of hydrogen-bond donors (Lipinski definition) is 0. The Morgan fingerprint density at radius 2 is 2.05 bits per heavy atom. The number of ether oxygens (including phenoxy) is 1. The number of benzene rings is 1. The maximum absolute atomic E-state index is 12.1. The van der Waals surface area contributed by atoms with Gasteiger partial charge in [-0.3, -0.25) is 19.3 Å². The number of carbonyl (C=O) groups is 3. The van der Waals surface area contributed by atoms with Crippen LogP contribution in [0.5, 0.6) is 0 Å². The summed E-state index contributed by atoms with van der Waals surface area (Å²) in [4.78, 5) is 36.7. The third kappa shape index (κ3) is 2.93. The number of anilines is 1. The van der Waals surface area contributed by atoms with Crippen molar-refractivity contribution in [2.75, 3.05) is 18.1 Å². The summed E-state index contributed by atoms with van der Waals surface area (Å²) in [7, 11) is 0. The number of para-hydroxylation sites is 1. The Kier molecular flexibility index (Phi) is 4.30. The Balaban J connectivity index is 2.39. The molecular formula is C15H15NO4. The van der Waals surface area contributed by atoms with Crippen LogP contribution in [-0.2, 0) is 19.1 Å². The Hall–Kier alpha value is -2.43. The Bertz CT molecular complexity index is 577. The summed E-state index contributed by atoms with van der Waals surface area (Å²) in [5.41, 5.74) is 1.33. The van der Waals surface area contributed by atoms with Crippen molar-refractivity contribution in [3.8, 4) is 0 Å². The van der Waals surface area contributed by atoms with Crippen molar-refractivity contribution in [2.24, 2.45) is 0 Å². The summed E-state index contributed by atoms with van der Waals surface area (Å²) in [6.07, 6.45) is 3.46. The van der Waals surface area contributed by atoms with Gasteiger partial charge in [0.25, 0.3) is 5.91 Å². The molecule has 0 unspecified atom stereocenters. The zero-order valence-electron chi connectivity index (χ0n) is 11.2. The van der Waals surface area contributed by atoms with Crippen LogP contribution in [0.25, 0.3) is 6.08 Å². The van der Waals surface area contributed by atoms with E-state index in [1.54, 1.807) is 31.2 Å². The van der Waals surface area contributed by atoms with Gasteiger partial charge in [0.2, 0.25) is 5.78 Å². The van der Waals surface area contributed by atoms with E-state index in [9.17, 15) is 14.4 Å². The summed E-state index contributed by atoms with van der Waals surface area (Å²) in [6.45, 7) is 1.66. The largest absolute Gasteiger partial charge is 0.465 e. The van der Waals surface area contributed by atoms with Gasteiger partial charge in [-0.2, -0.15) is 0 Å². The molecule has 1 aromatic carbocycles. The highest BCUT2D eigenvalue weighted by atomic mass is 16.5. The maximum Gasteiger partial charge on any atom is 0.326 e. The number of Topliss-reactive ketones (excluding diaryl/α,β-unsaturated/α-hetero) is 1. The molecular weight excluding hydrogens is 258 g/mol. The number of hydrogen-bond acceptors (Lipinski definition) is 4. The molecule has 5 nitrogen and oxygen atoms in total. The van der Waals surface area contributed by atoms with E-state index in [-0.39, 0.29) is 19.6 Å². The zero-order chi connectivity index (χ0) is 14.5. The van der Waals surface area contributed by atoms with Crippen molar-refractivity contribution in [3.63, 3.8) is 0 Å². The number of amides is 1. The van der Waals surface area contributed by atoms with Crippen molar-refractivity contribution in [1.29, 1.82) is 0 Å². The first-order chi connectivity index (χ1) is 9.63. The molecule has 0 atom stereocenters. The normalized spacial score (nSPS) is 14.6. The predicted molar refractivity (Wildman–Crippen MR) is 74.1 cm³/mol. The second-order valence-electron chi connectivity index (χ2n) is 4.28. The minimum Gasteiger partial charge on any atom is -0.465 e. The van der Waals surface area contributed by atoms with E-state index >= 15 is 0 Å². The smallest absolute Gasteiger partial charge is 0.326 e. The van der Waals surface area contributed by atoms with Crippen LogP contribution in [0, 0.1) is 0 Å². The molecule has 1 amide bonds. The van der Waals surface area contributed by atoms with Gasteiger partial charge < -0.3 is 4.74 Å². The predicted octanol–water partition coefficient (Wildman–Crippen LogP) is 1.57. The molecule has 1 aromatic rings. The lowest BCUT2D eigenvalue weighted by molar-refractivity contribution is -0.143. The molecule has 0 N–H and O–H groups in total. The molecule has 1 heterocycles. The fraction of sp³-hybridized carbons (Fsp3) is 0.267. The molecule has 1 aliphatic rings. The van der Waals surface area contributed by atoms with Gasteiger partial charge in [-0.1, -0.05) is 30.4 Å². The number of rotatable bonds is 3. The van der Waals surface area contributed by atoms with Gasteiger partial charge in [0.15, 0.2) is 0 Å². The molecule has 0 saturated heterocycles. The molecule has 2 rings (SSSR count). The minimum absolute atomic E-state index is 0.0342. The van der Waals surface area contributed by atoms with Crippen molar-refractivity contribution < 1.29 is 19.1 Å². The number of ketones is 1. The van der Waals surface area contributed by atoms with Crippen LogP contribution in [0.1, 0.15) is 18.9 Å². The average Bonchev–Trinajstić information content (AvgIpc) is 2.44. The van der Waals surface area contributed by atoms with Crippen molar-refractivity contribution in [3.05, 3.63) is 35.9 Å². The van der Waals surface area contributed by atoms with Crippen molar-refractivity contribution >= 4 is 29.4 Å². The number of esters is 1. The molecule has 0 aromatic heterocycles. The molecule has 0 radical (unpaired) electrons. The van der Waals surface area contributed by atoms with Crippen LogP contribution < -0.4 is 4.90 Å². The number of fused-ring (bicyclic) bond motifs is 1. The van der Waals surface area contributed by atoms with E-state index in [0.717, 1.165) is 5.56 Å². The third-order valence-electron chi connectivity index (χ3n) is 2.90. The first-order valence-corrected chi connectivity index (χ1v) is 6.39. The monoisotopic (exact) mass is 273 g/mol. The highest BCUT2D eigenvalue weighted by molar-refractivity contribution is 6.42. The van der Waals surface area contributed by atoms with Gasteiger partial charge in [0.05, 0.1) is 12.3 Å². The second kappa shape index (κ2) is 6.14. The van der Waals surface area contributed by atoms with Crippen molar-refractivity contribution in [1.82, 2.24) is 0 Å². The molecule has 1 aliphatic heterocycles. The average molecular weight is 273 g/mol. The first kappa shape index (κ1) is 14.0. The highest BCUT2D eigenvalue weighted by Crippen LogP contribution is 2.24. The quantitative estimate of drug-likeness (QED) is 0.619. The minimum atomic E-state index is -0.685. The molecule has 0 spiro atoms. The fourth-order valence-corrected chi connectivity index (χ4v) is 2.01. The molecule has 0 bridgehead atoms. The van der Waals surface area contributed by atoms with Gasteiger partial charge in [-0.05, 0) is 18.6 Å². The van der Waals surface area contributed by atoms with E-state index in [0.29, 0.717) is 5.69 Å². The lowest BCUT2D eigenvalue weighted by atomic mass is 10.1. The summed E-state index contributed by atoms with van der Waals surface area (Å²) in [6, 6.07) is 7.12. The summed E-state index contributed by atoms with van der Waals surface area (Å²) in [5, 5.41) is 0.